The number of fused-ring (bicyclic) bond motifs is 2. The Labute approximate surface area is 230 Å². The first-order chi connectivity index (χ1) is 19.1. The fourth-order valence-electron chi connectivity index (χ4n) is 8.85. The Balaban J connectivity index is 1.12. The van der Waals surface area contributed by atoms with Crippen LogP contribution in [0, 0.1) is 53.3 Å². The number of carbonyl (C=O) groups excluding carboxylic acids is 4. The summed E-state index contributed by atoms with van der Waals surface area (Å²) in [4.78, 5) is 50.4. The van der Waals surface area contributed by atoms with Gasteiger partial charge in [-0.05, 0) is 38.5 Å². The zero-order valence-corrected chi connectivity index (χ0v) is 22.0. The molecule has 0 aromatic heterocycles. The van der Waals surface area contributed by atoms with E-state index in [9.17, 15) is 40.9 Å². The normalized spacial score (nSPS) is 45.7. The number of esters is 4. The molecule has 7 aliphatic rings. The highest BCUT2D eigenvalue weighted by atomic mass is 32.2. The molecule has 41 heavy (non-hydrogen) atoms. The van der Waals surface area contributed by atoms with Crippen molar-refractivity contribution in [3.63, 3.8) is 0 Å². The Morgan fingerprint density at radius 2 is 1.27 bits per heavy atom. The topological polar surface area (TPSA) is 162 Å². The first-order valence-corrected chi connectivity index (χ1v) is 15.0. The lowest BCUT2D eigenvalue weighted by Gasteiger charge is -2.35. The number of ether oxygens (including phenoxy) is 4. The minimum Gasteiger partial charge on any atom is -0.743 e. The molecule has 0 aromatic rings. The molecule has 11 nitrogen and oxygen atoms in total. The van der Waals surface area contributed by atoms with Crippen molar-refractivity contribution >= 4 is 34.0 Å². The average Bonchev–Trinajstić information content (AvgIpc) is 3.70. The predicted molar refractivity (Wildman–Crippen MR) is 118 cm³/mol. The van der Waals surface area contributed by atoms with Crippen molar-refractivity contribution in [3.05, 3.63) is 0 Å². The number of carbonyl (C=O) groups is 4. The molecule has 13 atom stereocenters. The molecule has 2 saturated heterocycles. The zero-order valence-electron chi connectivity index (χ0n) is 21.2. The quantitative estimate of drug-likeness (QED) is 0.177. The molecule has 0 N–H and O–H groups in total. The molecular weight excluding hydrogens is 584 g/mol. The highest BCUT2D eigenvalue weighted by Crippen LogP contribution is 2.58. The second-order valence-corrected chi connectivity index (χ2v) is 14.0. The van der Waals surface area contributed by atoms with E-state index in [-0.39, 0.29) is 35.5 Å². The summed E-state index contributed by atoms with van der Waals surface area (Å²) >= 11 is 0. The van der Waals surface area contributed by atoms with Gasteiger partial charge in [0.25, 0.3) is 0 Å². The first kappa shape index (κ1) is 27.3. The maximum atomic E-state index is 15.2. The number of rotatable bonds is 7. The molecule has 5 saturated carbocycles. The maximum Gasteiger partial charge on any atom is 0.396 e. The second-order valence-electron chi connectivity index (χ2n) is 12.6. The molecule has 0 aromatic carbocycles. The molecule has 0 amide bonds. The van der Waals surface area contributed by atoms with Crippen LogP contribution in [0.2, 0.25) is 0 Å². The summed E-state index contributed by atoms with van der Waals surface area (Å²) in [5.41, 5.74) is 0. The van der Waals surface area contributed by atoms with Gasteiger partial charge in [0.15, 0.2) is 10.1 Å². The van der Waals surface area contributed by atoms with E-state index in [0.29, 0.717) is 25.7 Å². The molecule has 226 valence electrons. The van der Waals surface area contributed by atoms with Crippen molar-refractivity contribution in [1.29, 1.82) is 0 Å². The van der Waals surface area contributed by atoms with Crippen LogP contribution in [0.25, 0.3) is 0 Å². The Morgan fingerprint density at radius 1 is 0.780 bits per heavy atom. The lowest BCUT2D eigenvalue weighted by molar-refractivity contribution is -0.208. The van der Waals surface area contributed by atoms with E-state index >= 15 is 8.78 Å². The van der Waals surface area contributed by atoms with E-state index in [2.05, 4.69) is 0 Å². The number of alkyl halides is 4. The van der Waals surface area contributed by atoms with Crippen LogP contribution in [0.3, 0.4) is 0 Å². The van der Waals surface area contributed by atoms with Gasteiger partial charge in [-0.2, -0.15) is 17.6 Å². The van der Waals surface area contributed by atoms with Crippen LogP contribution in [0.4, 0.5) is 17.6 Å². The van der Waals surface area contributed by atoms with Gasteiger partial charge in [0, 0.05) is 29.6 Å². The summed E-state index contributed by atoms with van der Waals surface area (Å²) in [6, 6.07) is 0. The van der Waals surface area contributed by atoms with Crippen LogP contribution in [0.15, 0.2) is 0 Å². The SMILES string of the molecule is O=C1OC2C3CC(CC13)C2OC(=O)[C@H]1CC(C(F)(F)C(F)(F)S(=O)(=O)[O-])[C@@H](C(=O)OC2C3CC4C(=O)OC2C4C3)C1. The lowest BCUT2D eigenvalue weighted by atomic mass is 9.87. The van der Waals surface area contributed by atoms with Crippen LogP contribution in [-0.4, -0.2) is 72.4 Å². The average molecular weight is 610 g/mol. The largest absolute Gasteiger partial charge is 0.743 e. The predicted octanol–water partition coefficient (Wildman–Crippen LogP) is 1.39. The number of hydrogen-bond acceptors (Lipinski definition) is 11. The Hall–Kier alpha value is -2.49. The first-order valence-electron chi connectivity index (χ1n) is 13.6. The maximum absolute atomic E-state index is 15.2. The van der Waals surface area contributed by atoms with Crippen molar-refractivity contribution < 1.29 is 68.7 Å². The third-order valence-corrected chi connectivity index (χ3v) is 11.6. The van der Waals surface area contributed by atoms with E-state index in [1.165, 1.54) is 0 Å². The summed E-state index contributed by atoms with van der Waals surface area (Å²) in [6.45, 7) is 0. The standard InChI is InChI=1S/C25H26F4O11S/c26-24(27,25(28,29)41(34,35)36)15-6-9(20(30)37-16-7-1-10-12(3-7)21(31)39-18(10)16)5-14(15)23(33)38-17-8-2-11-13(4-8)22(32)40-19(11)17/h7-19H,1-6H2,(H,34,35,36)/p-1/t7?,8?,9-,10?,11?,12?,13?,14+,15?,16?,17?,18?,19?/m1/s1. The molecule has 5 aliphatic carbocycles. The van der Waals surface area contributed by atoms with Crippen molar-refractivity contribution in [2.24, 2.45) is 53.3 Å². The van der Waals surface area contributed by atoms with Gasteiger partial charge in [0.05, 0.1) is 23.7 Å². The third-order valence-electron chi connectivity index (χ3n) is 10.7. The molecule has 7 rings (SSSR count). The molecule has 11 unspecified atom stereocenters. The van der Waals surface area contributed by atoms with Crippen LogP contribution in [-0.2, 0) is 48.2 Å². The fourth-order valence-corrected chi connectivity index (χ4v) is 9.34. The summed E-state index contributed by atoms with van der Waals surface area (Å²) in [7, 11) is -6.87. The summed E-state index contributed by atoms with van der Waals surface area (Å²) in [5.74, 6) is -16.8. The van der Waals surface area contributed by atoms with E-state index in [0.717, 1.165) is 0 Å². The highest BCUT2D eigenvalue weighted by molar-refractivity contribution is 7.86. The lowest BCUT2D eigenvalue weighted by Crippen LogP contribution is -2.53. The molecule has 7 fully saturated rings. The van der Waals surface area contributed by atoms with Crippen LogP contribution < -0.4 is 0 Å². The van der Waals surface area contributed by atoms with Gasteiger partial charge in [0.1, 0.15) is 24.4 Å². The van der Waals surface area contributed by atoms with Crippen molar-refractivity contribution in [2.75, 3.05) is 0 Å². The number of halogens is 4. The van der Waals surface area contributed by atoms with Gasteiger partial charge < -0.3 is 23.5 Å². The summed E-state index contributed by atoms with van der Waals surface area (Å²) in [5, 5.41) is -6.08. The molecule has 0 radical (unpaired) electrons. The summed E-state index contributed by atoms with van der Waals surface area (Å²) < 4.78 is 114. The molecule has 4 bridgehead atoms. The third kappa shape index (κ3) is 3.67. The van der Waals surface area contributed by atoms with Gasteiger partial charge in [-0.15, -0.1) is 0 Å². The van der Waals surface area contributed by atoms with E-state index < -0.39 is 100 Å². The molecule has 16 heteroatoms. The second kappa shape index (κ2) is 8.54. The fraction of sp³-hybridized carbons (Fsp3) is 0.840. The van der Waals surface area contributed by atoms with Gasteiger partial charge >= 0.3 is 35.1 Å². The van der Waals surface area contributed by atoms with Gasteiger partial charge in [-0.3, -0.25) is 19.2 Å². The van der Waals surface area contributed by atoms with Crippen molar-refractivity contribution in [3.8, 4) is 0 Å². The van der Waals surface area contributed by atoms with E-state index in [1.54, 1.807) is 0 Å². The minimum absolute atomic E-state index is 0.152. The van der Waals surface area contributed by atoms with Crippen LogP contribution >= 0.6 is 0 Å². The smallest absolute Gasteiger partial charge is 0.396 e. The van der Waals surface area contributed by atoms with Crippen molar-refractivity contribution in [2.45, 2.75) is 74.1 Å². The Morgan fingerprint density at radius 3 is 1.76 bits per heavy atom. The number of hydrogen-bond donors (Lipinski definition) is 0. The van der Waals surface area contributed by atoms with E-state index in [1.807, 2.05) is 0 Å². The van der Waals surface area contributed by atoms with Crippen LogP contribution in [0.1, 0.15) is 38.5 Å². The molecule has 2 aliphatic heterocycles. The van der Waals surface area contributed by atoms with Crippen molar-refractivity contribution in [1.82, 2.24) is 0 Å². The summed E-state index contributed by atoms with van der Waals surface area (Å²) in [6.07, 6.45) is -3.38. The minimum atomic E-state index is -6.87. The monoisotopic (exact) mass is 609 g/mol. The van der Waals surface area contributed by atoms with Gasteiger partial charge in [0.2, 0.25) is 0 Å². The Bertz CT molecular complexity index is 1340. The Kier molecular flexibility index (Phi) is 5.70. The highest BCUT2D eigenvalue weighted by Gasteiger charge is 2.71. The zero-order chi connectivity index (χ0) is 29.4. The molecule has 0 spiro atoms. The van der Waals surface area contributed by atoms with Gasteiger partial charge in [-0.1, -0.05) is 0 Å². The molecule has 2 heterocycles. The van der Waals surface area contributed by atoms with Gasteiger partial charge in [-0.25, -0.2) is 8.42 Å². The van der Waals surface area contributed by atoms with Crippen LogP contribution in [0.5, 0.6) is 0 Å². The van der Waals surface area contributed by atoms with E-state index in [4.69, 9.17) is 18.9 Å². The molecular formula is C25H25F4O11S-.